The summed E-state index contributed by atoms with van der Waals surface area (Å²) in [5.74, 6) is 0. The van der Waals surface area contributed by atoms with Crippen LogP contribution >= 0.6 is 17.0 Å². The van der Waals surface area contributed by atoms with Crippen LogP contribution in [-0.4, -0.2) is 9.52 Å². The van der Waals surface area contributed by atoms with Crippen molar-refractivity contribution in [1.29, 1.82) is 0 Å². The Hall–Kier alpha value is -3.52. The minimum absolute atomic E-state index is 0.0825. The first kappa shape index (κ1) is 38.0. The van der Waals surface area contributed by atoms with Gasteiger partial charge in [0, 0.05) is 0 Å². The molecular weight excluding hydrogens is 815 g/mol. The Morgan fingerprint density at radius 3 is 1.54 bits per heavy atom. The molecule has 2 aliphatic carbocycles. The van der Waals surface area contributed by atoms with Crippen LogP contribution in [0.4, 0.5) is 0 Å². The molecule has 0 bridgehead atoms. The molecule has 0 saturated carbocycles. The zero-order valence-corrected chi connectivity index (χ0v) is 38.5. The van der Waals surface area contributed by atoms with Crippen LogP contribution < -0.4 is 13.6 Å². The van der Waals surface area contributed by atoms with E-state index < -0.39 is 25.9 Å². The summed E-state index contributed by atoms with van der Waals surface area (Å²) >= 11 is -5.51. The molecule has 0 nitrogen and oxygen atoms in total. The predicted octanol–water partition coefficient (Wildman–Crippen LogP) is 12.7. The Kier molecular flexibility index (Phi) is 10.2. The van der Waals surface area contributed by atoms with Gasteiger partial charge in [-0.15, -0.1) is 0 Å². The number of hydrogen-bond acceptors (Lipinski definition) is 0. The summed E-state index contributed by atoms with van der Waals surface area (Å²) in [7, 11) is 17.5. The Bertz CT molecular complexity index is 2420. The van der Waals surface area contributed by atoms with E-state index in [0.29, 0.717) is 0 Å². The Morgan fingerprint density at radius 2 is 1.02 bits per heavy atom. The first-order valence-corrected chi connectivity index (χ1v) is 32.6. The molecule has 56 heavy (non-hydrogen) atoms. The van der Waals surface area contributed by atoms with Gasteiger partial charge >= 0.3 is 348 Å². The van der Waals surface area contributed by atoms with Gasteiger partial charge in [-0.25, -0.2) is 0 Å². The molecule has 4 heteroatoms. The molecule has 0 aromatic heterocycles. The number of hydrogen-bond donors (Lipinski definition) is 0. The fourth-order valence-electron chi connectivity index (χ4n) is 10.8. The van der Waals surface area contributed by atoms with Crippen LogP contribution in [0.1, 0.15) is 94.0 Å². The summed E-state index contributed by atoms with van der Waals surface area (Å²) in [6.07, 6.45) is 11.7. The van der Waals surface area contributed by atoms with Crippen LogP contribution in [0.25, 0.3) is 45.5 Å². The second-order valence-electron chi connectivity index (χ2n) is 16.6. The van der Waals surface area contributed by atoms with E-state index in [9.17, 15) is 0 Å². The Balaban J connectivity index is 1.33. The molecule has 0 saturated heterocycles. The van der Waals surface area contributed by atoms with E-state index in [-0.39, 0.29) is 7.25 Å². The van der Waals surface area contributed by atoms with E-state index in [1.54, 1.807) is 0 Å². The minimum atomic E-state index is -5.51. The van der Waals surface area contributed by atoms with Crippen molar-refractivity contribution in [1.82, 2.24) is 0 Å². The van der Waals surface area contributed by atoms with Gasteiger partial charge in [-0.05, 0) is 0 Å². The first-order valence-electron chi connectivity index (χ1n) is 20.8. The SMILES string of the molecule is CCCCc1ccc2c(c1-c1ccccc1)C=C(C)[CH]2[Zr]([Cl])([Cl])([c]1cccc2c1[SiH2]c1ccccc1-2)[CH]1C(C)=Cc2c1ccc(CCCC)c2-c1ccccc1. The molecule has 1 aliphatic heterocycles. The van der Waals surface area contributed by atoms with Crippen molar-refractivity contribution in [2.45, 2.75) is 73.5 Å². The number of benzene rings is 6. The molecule has 0 fully saturated rings. The number of unbranched alkanes of at least 4 members (excludes halogenated alkanes) is 2. The van der Waals surface area contributed by atoms with Gasteiger partial charge in [0.25, 0.3) is 0 Å². The third kappa shape index (κ3) is 6.00. The summed E-state index contributed by atoms with van der Waals surface area (Å²) < 4.78 is 1.13. The molecular formula is C52H51Cl2SiZr. The maximum absolute atomic E-state index is 9.16. The normalized spacial score (nSPS) is 17.8. The molecule has 0 spiro atoms. The molecule has 1 heterocycles. The number of fused-ring (bicyclic) bond motifs is 5. The van der Waals surface area contributed by atoms with Gasteiger partial charge in [-0.3, -0.25) is 0 Å². The van der Waals surface area contributed by atoms with Gasteiger partial charge in [0.05, 0.1) is 0 Å². The van der Waals surface area contributed by atoms with Gasteiger partial charge < -0.3 is 0 Å². The van der Waals surface area contributed by atoms with E-state index in [4.69, 9.17) is 17.0 Å². The molecule has 0 N–H and O–H groups in total. The van der Waals surface area contributed by atoms with Gasteiger partial charge in [0.15, 0.2) is 0 Å². The van der Waals surface area contributed by atoms with E-state index in [2.05, 4.69) is 167 Å². The monoisotopic (exact) mass is 863 g/mol. The topological polar surface area (TPSA) is 0 Å². The van der Waals surface area contributed by atoms with Crippen molar-refractivity contribution < 1.29 is 16.4 Å². The summed E-state index contributed by atoms with van der Waals surface area (Å²) in [4.78, 5) is 0. The van der Waals surface area contributed by atoms with Crippen molar-refractivity contribution in [2.75, 3.05) is 0 Å². The van der Waals surface area contributed by atoms with Crippen molar-refractivity contribution in [2.24, 2.45) is 0 Å². The standard InChI is InChI=1S/2C20H21.C12H9Si.2ClH.Zr/c2*1-3-4-8-17-11-12-18-13-15(2)14-19(18)20(17)16-9-6-5-7-10-16;1-3-7-11-9(5-1)10-6-2-4-8-12(10)13-11;;;/h2*5-7,9-14H,3-4,8H2,1-2H3;1-7H,13H2;2*1H;/q;;;;;+2/p-2. The third-order valence-electron chi connectivity index (χ3n) is 13.2. The summed E-state index contributed by atoms with van der Waals surface area (Å²) in [6, 6.07) is 47.8. The van der Waals surface area contributed by atoms with Crippen molar-refractivity contribution >= 4 is 52.3 Å². The fraction of sp³-hybridized carbons (Fsp3) is 0.231. The second-order valence-corrected chi connectivity index (χ2v) is 39.0. The maximum atomic E-state index is 9.16. The zero-order chi connectivity index (χ0) is 38.6. The third-order valence-corrected chi connectivity index (χ3v) is 36.4. The van der Waals surface area contributed by atoms with Crippen molar-refractivity contribution in [3.8, 4) is 33.4 Å². The fourth-order valence-corrected chi connectivity index (χ4v) is 39.6. The van der Waals surface area contributed by atoms with E-state index in [1.807, 2.05) is 0 Å². The Labute approximate surface area is 344 Å². The van der Waals surface area contributed by atoms with E-state index in [0.717, 1.165) is 38.5 Å². The van der Waals surface area contributed by atoms with E-state index >= 15 is 0 Å². The molecule has 281 valence electrons. The van der Waals surface area contributed by atoms with Crippen molar-refractivity contribution in [3.63, 3.8) is 0 Å². The molecule has 6 aromatic rings. The van der Waals surface area contributed by atoms with Crippen LogP contribution in [-0.2, 0) is 29.2 Å². The quantitative estimate of drug-likeness (QED) is 0.114. The molecule has 0 amide bonds. The van der Waals surface area contributed by atoms with Crippen LogP contribution in [0.3, 0.4) is 0 Å². The van der Waals surface area contributed by atoms with Crippen LogP contribution in [0.2, 0.25) is 0 Å². The molecule has 0 radical (unpaired) electrons. The number of allylic oxidation sites excluding steroid dienone is 2. The summed E-state index contributed by atoms with van der Waals surface area (Å²) in [6.45, 7) is 9.23. The van der Waals surface area contributed by atoms with Crippen LogP contribution in [0.15, 0.2) is 139 Å². The van der Waals surface area contributed by atoms with Crippen LogP contribution in [0, 0.1) is 0 Å². The second kappa shape index (κ2) is 15.0. The molecule has 9 rings (SSSR count). The molecule has 3 aliphatic rings. The Morgan fingerprint density at radius 1 is 0.536 bits per heavy atom. The molecule has 2 unspecified atom stereocenters. The number of rotatable bonds is 11. The summed E-state index contributed by atoms with van der Waals surface area (Å²) in [5.41, 5.74) is 18.7. The first-order chi connectivity index (χ1) is 27.2. The number of aryl methyl sites for hydroxylation is 2. The predicted molar refractivity (Wildman–Crippen MR) is 245 cm³/mol. The average Bonchev–Trinajstić information content (AvgIpc) is 3.89. The average molecular weight is 866 g/mol. The van der Waals surface area contributed by atoms with Gasteiger partial charge in [-0.2, -0.15) is 0 Å². The van der Waals surface area contributed by atoms with Crippen molar-refractivity contribution in [3.05, 3.63) is 172 Å². The molecule has 6 aromatic carbocycles. The van der Waals surface area contributed by atoms with Gasteiger partial charge in [0.1, 0.15) is 0 Å². The zero-order valence-electron chi connectivity index (χ0n) is 33.1. The molecule has 2 atom stereocenters. The van der Waals surface area contributed by atoms with Gasteiger partial charge in [-0.1, -0.05) is 0 Å². The summed E-state index contributed by atoms with van der Waals surface area (Å²) in [5, 5.41) is 2.97. The van der Waals surface area contributed by atoms with Crippen LogP contribution in [0.5, 0.6) is 0 Å². The number of halogens is 2. The van der Waals surface area contributed by atoms with Gasteiger partial charge in [0.2, 0.25) is 0 Å². The van der Waals surface area contributed by atoms with E-state index in [1.165, 1.54) is 91.6 Å².